The van der Waals surface area contributed by atoms with E-state index < -0.39 is 11.2 Å². The summed E-state index contributed by atoms with van der Waals surface area (Å²) in [7, 11) is 1.40. The van der Waals surface area contributed by atoms with Crippen molar-refractivity contribution >= 4 is 29.4 Å². The second-order valence-electron chi connectivity index (χ2n) is 5.81. The van der Waals surface area contributed by atoms with Gasteiger partial charge in [-0.05, 0) is 36.4 Å². The van der Waals surface area contributed by atoms with Crippen LogP contribution in [0.1, 0.15) is 29.3 Å². The molecular weight excluding hydrogens is 338 g/mol. The number of benzene rings is 1. The molecule has 1 aliphatic heterocycles. The number of carbonyl (C=O) groups excluding carboxylic acids is 1. The first-order valence-corrected chi connectivity index (χ1v) is 9.21. The van der Waals surface area contributed by atoms with Gasteiger partial charge in [0.05, 0.1) is 5.70 Å². The number of Topliss-reactive ketones (excluding diaryl/α,β-unsaturated/α-hetero) is 1. The number of hydrogen-bond acceptors (Lipinski definition) is 5. The molecule has 2 aromatic rings. The first-order valence-electron chi connectivity index (χ1n) is 7.99. The number of fused-ring (bicyclic) bond motifs is 1. The van der Waals surface area contributed by atoms with E-state index in [4.69, 9.17) is 0 Å². The Morgan fingerprint density at radius 2 is 1.84 bits per heavy atom. The van der Waals surface area contributed by atoms with Crippen molar-refractivity contribution in [2.45, 2.75) is 24.8 Å². The number of carbonyl (C=O) groups is 1. The van der Waals surface area contributed by atoms with Gasteiger partial charge in [-0.15, -0.1) is 11.8 Å². The van der Waals surface area contributed by atoms with Crippen LogP contribution in [0.3, 0.4) is 0 Å². The monoisotopic (exact) mass is 357 g/mol. The average molecular weight is 357 g/mol. The third-order valence-electron chi connectivity index (χ3n) is 4.14. The molecule has 0 unspecified atom stereocenters. The van der Waals surface area contributed by atoms with E-state index in [-0.39, 0.29) is 11.3 Å². The highest BCUT2D eigenvalue weighted by molar-refractivity contribution is 7.98. The van der Waals surface area contributed by atoms with Gasteiger partial charge in [0.25, 0.3) is 5.56 Å². The van der Waals surface area contributed by atoms with Gasteiger partial charge in [0.1, 0.15) is 11.4 Å². The lowest BCUT2D eigenvalue weighted by Crippen LogP contribution is -2.40. The Balaban J connectivity index is 2.10. The maximum Gasteiger partial charge on any atom is 0.332 e. The lowest BCUT2D eigenvalue weighted by atomic mass is 10.1. The zero-order valence-corrected chi connectivity index (χ0v) is 15.1. The van der Waals surface area contributed by atoms with Gasteiger partial charge in [-0.3, -0.25) is 18.7 Å². The van der Waals surface area contributed by atoms with Gasteiger partial charge in [-0.25, -0.2) is 4.79 Å². The normalized spacial score (nSPS) is 14.7. The number of ketones is 1. The van der Waals surface area contributed by atoms with Gasteiger partial charge in [-0.2, -0.15) is 0 Å². The molecule has 7 heteroatoms. The van der Waals surface area contributed by atoms with Crippen molar-refractivity contribution in [2.24, 2.45) is 7.05 Å². The number of aromatic nitrogens is 2. The molecule has 3 rings (SSSR count). The smallest absolute Gasteiger partial charge is 0.332 e. The highest BCUT2D eigenvalue weighted by atomic mass is 32.2. The molecule has 1 aliphatic rings. The lowest BCUT2D eigenvalue weighted by Gasteiger charge is -2.11. The van der Waals surface area contributed by atoms with Gasteiger partial charge in [0.15, 0.2) is 0 Å². The highest BCUT2D eigenvalue weighted by Gasteiger charge is 2.32. The predicted molar refractivity (Wildman–Crippen MR) is 100 cm³/mol. The number of allylic oxidation sites excluding steroid dienone is 1. The van der Waals surface area contributed by atoms with Crippen molar-refractivity contribution in [2.75, 3.05) is 11.6 Å². The van der Waals surface area contributed by atoms with Crippen molar-refractivity contribution in [1.29, 1.82) is 0 Å². The molecular formula is C18H19N3O3S. The minimum atomic E-state index is -0.564. The topological polar surface area (TPSA) is 73.1 Å². The summed E-state index contributed by atoms with van der Waals surface area (Å²) >= 11 is 1.64. The number of anilines is 1. The first kappa shape index (κ1) is 17.3. The standard InChI is InChI=1S/C18H19N3O3S/c1-4-9-21-16-14(17(23)20(2)18(21)24)15(22)13(19-16)10-11-5-7-12(25-3)8-6-11/h5-8,10,19H,4,9H2,1-3H3/b13-10-. The summed E-state index contributed by atoms with van der Waals surface area (Å²) in [4.78, 5) is 38.6. The van der Waals surface area contributed by atoms with E-state index in [1.165, 1.54) is 11.6 Å². The largest absolute Gasteiger partial charge is 0.338 e. The van der Waals surface area contributed by atoms with Gasteiger partial charge in [-0.1, -0.05) is 19.1 Å². The van der Waals surface area contributed by atoms with Crippen LogP contribution in [0.25, 0.3) is 6.08 Å². The van der Waals surface area contributed by atoms with E-state index in [2.05, 4.69) is 5.32 Å². The molecule has 0 fully saturated rings. The van der Waals surface area contributed by atoms with Crippen molar-refractivity contribution < 1.29 is 4.79 Å². The van der Waals surface area contributed by atoms with Crippen LogP contribution in [0.5, 0.6) is 0 Å². The molecule has 6 nitrogen and oxygen atoms in total. The fraction of sp³-hybridized carbons (Fsp3) is 0.278. The molecule has 0 saturated carbocycles. The predicted octanol–water partition coefficient (Wildman–Crippen LogP) is 2.33. The van der Waals surface area contributed by atoms with E-state index in [9.17, 15) is 14.4 Å². The molecule has 1 aromatic heterocycles. The molecule has 1 aromatic carbocycles. The van der Waals surface area contributed by atoms with Crippen molar-refractivity contribution in [1.82, 2.24) is 9.13 Å². The Bertz CT molecular complexity index is 984. The summed E-state index contributed by atoms with van der Waals surface area (Å²) < 4.78 is 2.44. The summed E-state index contributed by atoms with van der Waals surface area (Å²) in [5.74, 6) is -0.0821. The maximum absolute atomic E-state index is 12.7. The number of thioether (sulfide) groups is 1. The van der Waals surface area contributed by atoms with Crippen LogP contribution in [0.4, 0.5) is 5.82 Å². The average Bonchev–Trinajstić information content (AvgIpc) is 2.94. The highest BCUT2D eigenvalue weighted by Crippen LogP contribution is 2.26. The molecule has 0 aliphatic carbocycles. The van der Waals surface area contributed by atoms with Gasteiger partial charge < -0.3 is 5.32 Å². The fourth-order valence-electron chi connectivity index (χ4n) is 2.82. The molecule has 0 amide bonds. The number of nitrogens with zero attached hydrogens (tertiary/aromatic N) is 2. The first-order chi connectivity index (χ1) is 12.0. The summed E-state index contributed by atoms with van der Waals surface area (Å²) in [6.45, 7) is 2.37. The van der Waals surface area contributed by atoms with E-state index in [0.717, 1.165) is 21.4 Å². The quantitative estimate of drug-likeness (QED) is 0.672. The Kier molecular flexibility index (Phi) is 4.67. The lowest BCUT2D eigenvalue weighted by molar-refractivity contribution is 0.104. The van der Waals surface area contributed by atoms with Gasteiger partial charge >= 0.3 is 5.69 Å². The molecule has 25 heavy (non-hydrogen) atoms. The summed E-state index contributed by atoms with van der Waals surface area (Å²) in [5, 5.41) is 2.98. The van der Waals surface area contributed by atoms with E-state index >= 15 is 0 Å². The van der Waals surface area contributed by atoms with Crippen LogP contribution in [-0.2, 0) is 13.6 Å². The van der Waals surface area contributed by atoms with Crippen LogP contribution in [0.15, 0.2) is 44.4 Å². The van der Waals surface area contributed by atoms with Crippen molar-refractivity contribution in [3.05, 3.63) is 61.9 Å². The van der Waals surface area contributed by atoms with Crippen LogP contribution in [-0.4, -0.2) is 21.2 Å². The van der Waals surface area contributed by atoms with Crippen LogP contribution >= 0.6 is 11.8 Å². The Morgan fingerprint density at radius 1 is 1.16 bits per heavy atom. The SMILES string of the molecule is CCCn1c2c(c(=O)n(C)c1=O)C(=O)/C(=C/c1ccc(SC)cc1)N2. The number of nitrogens with one attached hydrogen (secondary N) is 1. The van der Waals surface area contributed by atoms with E-state index in [1.807, 2.05) is 37.4 Å². The summed E-state index contributed by atoms with van der Waals surface area (Å²) in [5.41, 5.74) is 0.201. The second kappa shape index (κ2) is 6.76. The third kappa shape index (κ3) is 2.95. The van der Waals surface area contributed by atoms with Gasteiger partial charge in [0.2, 0.25) is 5.78 Å². The van der Waals surface area contributed by atoms with Crippen LogP contribution < -0.4 is 16.6 Å². The molecule has 1 N–H and O–H groups in total. The molecule has 130 valence electrons. The molecule has 0 atom stereocenters. The van der Waals surface area contributed by atoms with E-state index in [1.54, 1.807) is 17.8 Å². The zero-order chi connectivity index (χ0) is 18.1. The molecule has 0 spiro atoms. The summed E-state index contributed by atoms with van der Waals surface area (Å²) in [6, 6.07) is 7.76. The molecule has 0 bridgehead atoms. The van der Waals surface area contributed by atoms with Crippen LogP contribution in [0, 0.1) is 0 Å². The van der Waals surface area contributed by atoms with Crippen molar-refractivity contribution in [3.63, 3.8) is 0 Å². The molecule has 0 radical (unpaired) electrons. The van der Waals surface area contributed by atoms with Gasteiger partial charge in [0, 0.05) is 18.5 Å². The third-order valence-corrected chi connectivity index (χ3v) is 4.89. The Labute approximate surface area is 149 Å². The zero-order valence-electron chi connectivity index (χ0n) is 14.3. The number of rotatable bonds is 4. The minimum Gasteiger partial charge on any atom is -0.338 e. The second-order valence-corrected chi connectivity index (χ2v) is 6.69. The fourth-order valence-corrected chi connectivity index (χ4v) is 3.23. The summed E-state index contributed by atoms with van der Waals surface area (Å²) in [6.07, 6.45) is 4.41. The van der Waals surface area contributed by atoms with Crippen LogP contribution in [0.2, 0.25) is 0 Å². The maximum atomic E-state index is 12.7. The van der Waals surface area contributed by atoms with Crippen molar-refractivity contribution in [3.8, 4) is 0 Å². The minimum absolute atomic E-state index is 0.0301. The Morgan fingerprint density at radius 3 is 2.44 bits per heavy atom. The molecule has 0 saturated heterocycles. The van der Waals surface area contributed by atoms with E-state index in [0.29, 0.717) is 18.1 Å². The Hall–Kier alpha value is -2.54. The molecule has 2 heterocycles. The number of hydrogen-bond donors (Lipinski definition) is 1.